The normalized spacial score (nSPS) is 19.0. The molecule has 1 aliphatic rings. The van der Waals surface area contributed by atoms with Crippen LogP contribution in [-0.4, -0.2) is 85.8 Å². The summed E-state index contributed by atoms with van der Waals surface area (Å²) in [5.41, 5.74) is 0.631. The maximum Gasteiger partial charge on any atom is 0.317 e. The van der Waals surface area contributed by atoms with E-state index in [9.17, 15) is 29.7 Å². The number of carbonyl (C=O) groups is 3. The van der Waals surface area contributed by atoms with Gasteiger partial charge in [0.05, 0.1) is 31.4 Å². The molecular weight excluding hydrogens is 406 g/mol. The fraction of sp³-hybridized carbons (Fsp3) is 0.619. The van der Waals surface area contributed by atoms with Gasteiger partial charge in [-0.15, -0.1) is 0 Å². The molecule has 3 N–H and O–H groups in total. The molecule has 1 unspecified atom stereocenters. The summed E-state index contributed by atoms with van der Waals surface area (Å²) in [6.45, 7) is 2.96. The molecular formula is C21H31N3O7. The van der Waals surface area contributed by atoms with Gasteiger partial charge in [0.2, 0.25) is 0 Å². The minimum absolute atomic E-state index is 0.0197. The van der Waals surface area contributed by atoms with Crippen LogP contribution in [0.1, 0.15) is 45.2 Å². The lowest BCUT2D eigenvalue weighted by molar-refractivity contribution is -0.146. The van der Waals surface area contributed by atoms with Crippen LogP contribution in [0.4, 0.5) is 0 Å². The molecule has 0 bridgehead atoms. The Balaban J connectivity index is 2.29. The minimum Gasteiger partial charge on any atom is -0.491 e. The lowest BCUT2D eigenvalue weighted by atomic mass is 9.87. The fourth-order valence-corrected chi connectivity index (χ4v) is 4.14. The molecule has 0 spiro atoms. The summed E-state index contributed by atoms with van der Waals surface area (Å²) in [7, 11) is 0. The van der Waals surface area contributed by atoms with Crippen LogP contribution in [0, 0.1) is 0 Å². The molecule has 1 aromatic heterocycles. The van der Waals surface area contributed by atoms with Crippen LogP contribution in [0.25, 0.3) is 0 Å². The second-order valence-corrected chi connectivity index (χ2v) is 8.06. The average Bonchev–Trinajstić information content (AvgIpc) is 2.65. The first-order valence-electron chi connectivity index (χ1n) is 10.4. The van der Waals surface area contributed by atoms with Crippen molar-refractivity contribution in [3.05, 3.63) is 24.0 Å². The Labute approximate surface area is 181 Å². The highest BCUT2D eigenvalue weighted by molar-refractivity contribution is 5.72. The molecule has 0 aromatic carbocycles. The molecule has 31 heavy (non-hydrogen) atoms. The van der Waals surface area contributed by atoms with Crippen molar-refractivity contribution < 1.29 is 34.4 Å². The number of carboxylic acids is 3. The number of aromatic nitrogens is 1. The smallest absolute Gasteiger partial charge is 0.317 e. The van der Waals surface area contributed by atoms with Gasteiger partial charge in [-0.05, 0) is 32.8 Å². The third-order valence-electron chi connectivity index (χ3n) is 5.17. The zero-order chi connectivity index (χ0) is 23.0. The van der Waals surface area contributed by atoms with Crippen LogP contribution >= 0.6 is 0 Å². The third kappa shape index (κ3) is 8.14. The van der Waals surface area contributed by atoms with E-state index in [0.717, 1.165) is 12.8 Å². The highest BCUT2D eigenvalue weighted by atomic mass is 16.5. The molecule has 2 atom stereocenters. The van der Waals surface area contributed by atoms with Crippen molar-refractivity contribution in [2.24, 2.45) is 0 Å². The maximum absolute atomic E-state index is 11.6. The van der Waals surface area contributed by atoms with E-state index in [1.807, 2.05) is 13.8 Å². The highest BCUT2D eigenvalue weighted by Crippen LogP contribution is 2.28. The fourth-order valence-electron chi connectivity index (χ4n) is 4.14. The highest BCUT2D eigenvalue weighted by Gasteiger charge is 2.36. The first-order valence-corrected chi connectivity index (χ1v) is 10.4. The second kappa shape index (κ2) is 11.6. The number of hydrogen-bond acceptors (Lipinski definition) is 7. The lowest BCUT2D eigenvalue weighted by Gasteiger charge is -2.43. The zero-order valence-electron chi connectivity index (χ0n) is 17.9. The third-order valence-corrected chi connectivity index (χ3v) is 5.17. The Bertz CT molecular complexity index is 755. The Morgan fingerprint density at radius 1 is 1.00 bits per heavy atom. The number of ether oxygens (including phenoxy) is 1. The van der Waals surface area contributed by atoms with Crippen molar-refractivity contribution in [2.45, 2.75) is 64.3 Å². The monoisotopic (exact) mass is 437 g/mol. The van der Waals surface area contributed by atoms with Crippen LogP contribution in [-0.2, 0) is 20.9 Å². The van der Waals surface area contributed by atoms with Crippen molar-refractivity contribution >= 4 is 17.9 Å². The van der Waals surface area contributed by atoms with Gasteiger partial charge in [0.25, 0.3) is 0 Å². The number of nitrogens with zero attached hydrogens (tertiary/aromatic N) is 3. The van der Waals surface area contributed by atoms with E-state index in [2.05, 4.69) is 4.98 Å². The molecule has 1 aromatic rings. The Hall–Kier alpha value is -2.72. The van der Waals surface area contributed by atoms with Gasteiger partial charge in [0.1, 0.15) is 5.75 Å². The van der Waals surface area contributed by atoms with E-state index in [1.54, 1.807) is 23.2 Å². The Kier molecular flexibility index (Phi) is 9.20. The summed E-state index contributed by atoms with van der Waals surface area (Å²) in [4.78, 5) is 41.8. The van der Waals surface area contributed by atoms with E-state index in [-0.39, 0.29) is 31.3 Å². The largest absolute Gasteiger partial charge is 0.491 e. The second-order valence-electron chi connectivity index (χ2n) is 8.06. The van der Waals surface area contributed by atoms with Gasteiger partial charge in [-0.1, -0.05) is 12.8 Å². The average molecular weight is 437 g/mol. The van der Waals surface area contributed by atoms with Crippen LogP contribution in [0.2, 0.25) is 0 Å². The summed E-state index contributed by atoms with van der Waals surface area (Å²) in [6.07, 6.45) is 4.52. The summed E-state index contributed by atoms with van der Waals surface area (Å²) >= 11 is 0. The van der Waals surface area contributed by atoms with E-state index >= 15 is 0 Å². The van der Waals surface area contributed by atoms with Gasteiger partial charge >= 0.3 is 17.9 Å². The number of carboxylic acid groups (broad SMARTS) is 3. The van der Waals surface area contributed by atoms with Crippen molar-refractivity contribution in [3.63, 3.8) is 0 Å². The van der Waals surface area contributed by atoms with Crippen LogP contribution < -0.4 is 4.74 Å². The zero-order valence-corrected chi connectivity index (χ0v) is 17.9. The molecule has 2 rings (SSSR count). The number of rotatable bonds is 12. The van der Waals surface area contributed by atoms with Crippen LogP contribution in [0.3, 0.4) is 0 Å². The molecule has 1 aliphatic carbocycles. The molecule has 0 aliphatic heterocycles. The number of aliphatic carboxylic acids is 3. The first-order chi connectivity index (χ1) is 14.7. The van der Waals surface area contributed by atoms with Crippen molar-refractivity contribution in [1.29, 1.82) is 0 Å². The van der Waals surface area contributed by atoms with E-state index in [1.165, 1.54) is 4.90 Å². The lowest BCUT2D eigenvalue weighted by Crippen LogP contribution is -2.56. The van der Waals surface area contributed by atoms with Crippen molar-refractivity contribution in [1.82, 2.24) is 14.8 Å². The van der Waals surface area contributed by atoms with Crippen molar-refractivity contribution in [3.8, 4) is 5.75 Å². The quantitative estimate of drug-likeness (QED) is 0.441. The van der Waals surface area contributed by atoms with E-state index < -0.39 is 31.0 Å². The molecule has 0 saturated heterocycles. The summed E-state index contributed by atoms with van der Waals surface area (Å²) in [6, 6.07) is 2.81. The van der Waals surface area contributed by atoms with Gasteiger partial charge in [-0.25, -0.2) is 0 Å². The SMILES string of the molecule is CC(C)Oc1ccnc(CN(CC(=O)O)[C@H]2CCCCC2N(CC(=O)O)CC(=O)O)c1. The van der Waals surface area contributed by atoms with Gasteiger partial charge in [-0.2, -0.15) is 0 Å². The maximum atomic E-state index is 11.6. The van der Waals surface area contributed by atoms with Gasteiger partial charge in [0, 0.05) is 30.9 Å². The predicted octanol–water partition coefficient (Wildman–Crippen LogP) is 1.54. The Morgan fingerprint density at radius 2 is 1.52 bits per heavy atom. The van der Waals surface area contributed by atoms with Gasteiger partial charge in [-0.3, -0.25) is 29.2 Å². The topological polar surface area (TPSA) is 140 Å². The van der Waals surface area contributed by atoms with E-state index in [4.69, 9.17) is 4.74 Å². The molecule has 10 nitrogen and oxygen atoms in total. The molecule has 0 radical (unpaired) electrons. The van der Waals surface area contributed by atoms with Crippen molar-refractivity contribution in [2.75, 3.05) is 19.6 Å². The van der Waals surface area contributed by atoms with Crippen LogP contribution in [0.15, 0.2) is 18.3 Å². The molecule has 1 heterocycles. The Morgan fingerprint density at radius 3 is 2.03 bits per heavy atom. The molecule has 1 fully saturated rings. The van der Waals surface area contributed by atoms with E-state index in [0.29, 0.717) is 24.3 Å². The number of hydrogen-bond donors (Lipinski definition) is 3. The molecule has 0 amide bonds. The minimum atomic E-state index is -1.12. The molecule has 10 heteroatoms. The number of pyridine rings is 1. The summed E-state index contributed by atoms with van der Waals surface area (Å²) < 4.78 is 5.70. The molecule has 172 valence electrons. The van der Waals surface area contributed by atoms with Gasteiger partial charge in [0.15, 0.2) is 0 Å². The summed E-state index contributed by atoms with van der Waals surface area (Å²) in [5, 5.41) is 28.0. The first kappa shape index (κ1) is 24.5. The summed E-state index contributed by atoms with van der Waals surface area (Å²) in [5.74, 6) is -2.61. The van der Waals surface area contributed by atoms with Gasteiger partial charge < -0.3 is 20.1 Å². The standard InChI is InChI=1S/C21H31N3O7/c1-14(2)31-16-7-8-22-15(9-16)10-23(11-19(25)26)17-5-3-4-6-18(17)24(12-20(27)28)13-21(29)30/h7-9,14,17-18H,3-6,10-13H2,1-2H3,(H,25,26)(H,27,28)(H,29,30)/t17-,18?/m0/s1. The molecule has 1 saturated carbocycles. The van der Waals surface area contributed by atoms with Crippen LogP contribution in [0.5, 0.6) is 5.75 Å². The predicted molar refractivity (Wildman–Crippen MR) is 111 cm³/mol.